The molecule has 0 fully saturated rings. The van der Waals surface area contributed by atoms with Crippen molar-refractivity contribution < 1.29 is 0 Å². The Balaban J connectivity index is 0.000000165. The molecule has 0 N–H and O–H groups in total. The van der Waals surface area contributed by atoms with Crippen molar-refractivity contribution in [3.05, 3.63) is 67.2 Å². The average Bonchev–Trinajstić information content (AvgIpc) is 2.26. The van der Waals surface area contributed by atoms with Crippen LogP contribution in [-0.2, 0) is 0 Å². The van der Waals surface area contributed by atoms with E-state index in [0.717, 1.165) is 0 Å². The summed E-state index contributed by atoms with van der Waals surface area (Å²) < 4.78 is 1.29. The molecule has 16 heavy (non-hydrogen) atoms. The zero-order valence-electron chi connectivity index (χ0n) is 8.13. The fraction of sp³-hybridized carbons (Fsp3) is 0. The fourth-order valence-electron chi connectivity index (χ4n) is 0.885. The third kappa shape index (κ3) is 5.39. The van der Waals surface area contributed by atoms with E-state index in [-0.39, 0.29) is 0 Å². The second-order valence-electron chi connectivity index (χ2n) is 2.85. The predicted octanol–water partition coefficient (Wildman–Crippen LogP) is 5.94. The Labute approximate surface area is 124 Å². The summed E-state index contributed by atoms with van der Waals surface area (Å²) in [5, 5.41) is 1.62. The third-order valence-electron chi connectivity index (χ3n) is 1.61. The quantitative estimate of drug-likeness (QED) is 0.389. The molecule has 0 spiro atoms. The normalized spacial score (nSPS) is 9.25. The lowest BCUT2D eigenvalue weighted by atomic mass is 10.4. The average molecular weight is 385 g/mol. The van der Waals surface area contributed by atoms with E-state index in [0.29, 0.717) is 15.1 Å². The topological polar surface area (TPSA) is 0 Å². The van der Waals surface area contributed by atoms with Gasteiger partial charge in [0.25, 0.3) is 0 Å². The fourth-order valence-corrected chi connectivity index (χ4v) is 1.83. The van der Waals surface area contributed by atoms with Gasteiger partial charge in [-0.05, 0) is 52.9 Å². The second kappa shape index (κ2) is 7.38. The second-order valence-corrected chi connectivity index (χ2v) is 5.35. The van der Waals surface area contributed by atoms with Gasteiger partial charge in [0.15, 0.2) is 0 Å². The lowest BCUT2D eigenvalue weighted by Crippen LogP contribution is -1.66. The SMILES string of the molecule is Clc1ccc(Cl)c(Cl)c1.Ic1ccccc1. The molecule has 2 aromatic rings. The maximum atomic E-state index is 5.60. The van der Waals surface area contributed by atoms with E-state index in [4.69, 9.17) is 34.8 Å². The van der Waals surface area contributed by atoms with Gasteiger partial charge >= 0.3 is 0 Å². The van der Waals surface area contributed by atoms with Crippen molar-refractivity contribution >= 4 is 57.4 Å². The molecule has 0 heterocycles. The van der Waals surface area contributed by atoms with Crippen molar-refractivity contribution in [2.45, 2.75) is 0 Å². The van der Waals surface area contributed by atoms with Crippen LogP contribution in [0.5, 0.6) is 0 Å². The zero-order chi connectivity index (χ0) is 12.0. The first-order valence-corrected chi connectivity index (χ1v) is 6.62. The standard InChI is InChI=1S/C6H3Cl3.C6H5I/c7-4-1-2-5(8)6(9)3-4;7-6-4-2-1-3-5-6/h1-3H;1-5H. The number of halogens is 4. The highest BCUT2D eigenvalue weighted by Crippen LogP contribution is 2.24. The summed E-state index contributed by atoms with van der Waals surface area (Å²) in [5.74, 6) is 0. The summed E-state index contributed by atoms with van der Waals surface area (Å²) in [5.41, 5.74) is 0. The van der Waals surface area contributed by atoms with Gasteiger partial charge < -0.3 is 0 Å². The van der Waals surface area contributed by atoms with E-state index in [9.17, 15) is 0 Å². The molecule has 0 nitrogen and oxygen atoms in total. The van der Waals surface area contributed by atoms with Crippen LogP contribution in [0, 0.1) is 3.57 Å². The minimum Gasteiger partial charge on any atom is -0.0843 e. The molecule has 0 aliphatic carbocycles. The van der Waals surface area contributed by atoms with Gasteiger partial charge in [-0.1, -0.05) is 53.0 Å². The van der Waals surface area contributed by atoms with Crippen LogP contribution in [0.25, 0.3) is 0 Å². The molecule has 2 rings (SSSR count). The van der Waals surface area contributed by atoms with Gasteiger partial charge in [0.2, 0.25) is 0 Å². The van der Waals surface area contributed by atoms with Gasteiger partial charge in [-0.25, -0.2) is 0 Å². The molecule has 84 valence electrons. The molecule has 0 bridgehead atoms. The molecule has 0 radical (unpaired) electrons. The lowest BCUT2D eigenvalue weighted by Gasteiger charge is -1.92. The monoisotopic (exact) mass is 384 g/mol. The number of benzene rings is 2. The highest BCUT2D eigenvalue weighted by molar-refractivity contribution is 14.1. The van der Waals surface area contributed by atoms with E-state index in [1.165, 1.54) is 3.57 Å². The van der Waals surface area contributed by atoms with E-state index in [2.05, 4.69) is 34.7 Å². The van der Waals surface area contributed by atoms with E-state index in [1.54, 1.807) is 18.2 Å². The first kappa shape index (κ1) is 14.1. The van der Waals surface area contributed by atoms with Crippen LogP contribution in [0.15, 0.2) is 48.5 Å². The largest absolute Gasteiger partial charge is 0.0843 e. The first-order valence-electron chi connectivity index (χ1n) is 4.40. The molecule has 0 saturated carbocycles. The van der Waals surface area contributed by atoms with Crippen molar-refractivity contribution in [2.24, 2.45) is 0 Å². The van der Waals surface area contributed by atoms with Crippen molar-refractivity contribution in [1.29, 1.82) is 0 Å². The minimum atomic E-state index is 0.490. The van der Waals surface area contributed by atoms with Gasteiger partial charge in [0.1, 0.15) is 0 Å². The third-order valence-corrected chi connectivity index (χ3v) is 3.31. The van der Waals surface area contributed by atoms with Gasteiger partial charge in [-0.15, -0.1) is 0 Å². The Morgan fingerprint density at radius 1 is 0.750 bits per heavy atom. The van der Waals surface area contributed by atoms with Crippen LogP contribution in [-0.4, -0.2) is 0 Å². The molecular weight excluding hydrogens is 377 g/mol. The highest BCUT2D eigenvalue weighted by Gasteiger charge is 1.94. The predicted molar refractivity (Wildman–Crippen MR) is 80.6 cm³/mol. The molecule has 0 aliphatic heterocycles. The Morgan fingerprint density at radius 3 is 1.75 bits per heavy atom. The Morgan fingerprint density at radius 2 is 1.38 bits per heavy atom. The summed E-state index contributed by atoms with van der Waals surface area (Å²) in [6, 6.07) is 15.2. The minimum absolute atomic E-state index is 0.490. The molecule has 0 amide bonds. The number of rotatable bonds is 0. The summed E-state index contributed by atoms with van der Waals surface area (Å²) in [6.45, 7) is 0. The zero-order valence-corrected chi connectivity index (χ0v) is 12.6. The molecule has 0 saturated heterocycles. The smallest absolute Gasteiger partial charge is 0.0607 e. The van der Waals surface area contributed by atoms with Crippen LogP contribution in [0.4, 0.5) is 0 Å². The Kier molecular flexibility index (Phi) is 6.51. The first-order chi connectivity index (χ1) is 7.59. The molecule has 0 aliphatic rings. The van der Waals surface area contributed by atoms with Crippen molar-refractivity contribution in [3.8, 4) is 0 Å². The number of hydrogen-bond donors (Lipinski definition) is 0. The molecule has 0 unspecified atom stereocenters. The summed E-state index contributed by atoms with van der Waals surface area (Å²) in [7, 11) is 0. The summed E-state index contributed by atoms with van der Waals surface area (Å²) in [4.78, 5) is 0. The van der Waals surface area contributed by atoms with Crippen LogP contribution < -0.4 is 0 Å². The van der Waals surface area contributed by atoms with Crippen molar-refractivity contribution in [2.75, 3.05) is 0 Å². The maximum absolute atomic E-state index is 5.60. The summed E-state index contributed by atoms with van der Waals surface area (Å²) >= 11 is 19.0. The van der Waals surface area contributed by atoms with E-state index >= 15 is 0 Å². The van der Waals surface area contributed by atoms with E-state index < -0.39 is 0 Å². The molecule has 4 heteroatoms. The van der Waals surface area contributed by atoms with Gasteiger partial charge in [0.05, 0.1) is 10.0 Å². The number of hydrogen-bond acceptors (Lipinski definition) is 0. The molecule has 0 atom stereocenters. The van der Waals surface area contributed by atoms with Crippen LogP contribution >= 0.6 is 57.4 Å². The van der Waals surface area contributed by atoms with Crippen molar-refractivity contribution in [1.82, 2.24) is 0 Å². The van der Waals surface area contributed by atoms with Gasteiger partial charge in [0, 0.05) is 8.59 Å². The van der Waals surface area contributed by atoms with Crippen molar-refractivity contribution in [3.63, 3.8) is 0 Å². The highest BCUT2D eigenvalue weighted by atomic mass is 127. The summed E-state index contributed by atoms with van der Waals surface area (Å²) in [6.07, 6.45) is 0. The van der Waals surface area contributed by atoms with E-state index in [1.807, 2.05) is 18.2 Å². The lowest BCUT2D eigenvalue weighted by molar-refractivity contribution is 1.65. The van der Waals surface area contributed by atoms with Crippen LogP contribution in [0.3, 0.4) is 0 Å². The van der Waals surface area contributed by atoms with Gasteiger partial charge in [-0.2, -0.15) is 0 Å². The van der Waals surface area contributed by atoms with Crippen LogP contribution in [0.1, 0.15) is 0 Å². The molecule has 2 aromatic carbocycles. The van der Waals surface area contributed by atoms with Crippen LogP contribution in [0.2, 0.25) is 15.1 Å². The molecule has 0 aromatic heterocycles. The maximum Gasteiger partial charge on any atom is 0.0607 e. The van der Waals surface area contributed by atoms with Gasteiger partial charge in [-0.3, -0.25) is 0 Å². The Bertz CT molecular complexity index is 443. The molecular formula is C12H8Cl3I. The Hall–Kier alpha value is 0.0400.